The maximum absolute atomic E-state index is 12.2. The quantitative estimate of drug-likeness (QED) is 0.744. The number of hydrogen-bond acceptors (Lipinski definition) is 6. The molecule has 0 bridgehead atoms. The summed E-state index contributed by atoms with van der Waals surface area (Å²) in [5.41, 5.74) is 0. The Morgan fingerprint density at radius 3 is 2.64 bits per heavy atom. The van der Waals surface area contributed by atoms with Gasteiger partial charge in [-0.15, -0.1) is 0 Å². The topological polar surface area (TPSA) is 88.2 Å². The zero-order valence-corrected chi connectivity index (χ0v) is 13.8. The number of carbonyl (C=O) groups is 1. The van der Waals surface area contributed by atoms with Gasteiger partial charge in [-0.25, -0.2) is 4.72 Å². The minimum atomic E-state index is -3.75. The molecule has 2 aliphatic rings. The summed E-state index contributed by atoms with van der Waals surface area (Å²) in [6, 6.07) is 0. The number of hydrogen-bond donors (Lipinski definition) is 1. The van der Waals surface area contributed by atoms with Crippen LogP contribution in [0.25, 0.3) is 0 Å². The number of rotatable bonds is 5. The van der Waals surface area contributed by atoms with Crippen LogP contribution in [0, 0.1) is 5.92 Å². The Morgan fingerprint density at radius 2 is 1.95 bits per heavy atom. The smallest absolute Gasteiger partial charge is 0.303 e. The Labute approximate surface area is 131 Å². The molecule has 0 unspecified atom stereocenters. The van der Waals surface area contributed by atoms with Gasteiger partial charge in [-0.2, -0.15) is 17.8 Å². The summed E-state index contributed by atoms with van der Waals surface area (Å²) in [7, 11) is -2.12. The second-order valence-corrected chi connectivity index (χ2v) is 7.32. The molecule has 2 fully saturated rings. The molecular weight excluding hydrogens is 310 g/mol. The molecule has 0 aliphatic carbocycles. The monoisotopic (exact) mass is 335 g/mol. The van der Waals surface area contributed by atoms with Crippen molar-refractivity contribution in [2.45, 2.75) is 25.7 Å². The molecule has 0 saturated carbocycles. The fourth-order valence-electron chi connectivity index (χ4n) is 2.77. The molecule has 0 radical (unpaired) electrons. The van der Waals surface area contributed by atoms with Crippen LogP contribution in [0.15, 0.2) is 0 Å². The van der Waals surface area contributed by atoms with Crippen molar-refractivity contribution in [1.82, 2.24) is 14.1 Å². The Hall–Kier alpha value is -0.740. The number of amides is 1. The van der Waals surface area contributed by atoms with Crippen LogP contribution in [-0.2, 0) is 24.6 Å². The minimum Gasteiger partial charge on any atom is -0.380 e. The largest absolute Gasteiger partial charge is 0.380 e. The molecule has 8 nitrogen and oxygen atoms in total. The van der Waals surface area contributed by atoms with Gasteiger partial charge in [0.25, 0.3) is 0 Å². The number of hydroxylamine groups is 2. The first kappa shape index (κ1) is 17.6. The summed E-state index contributed by atoms with van der Waals surface area (Å²) >= 11 is 0. The van der Waals surface area contributed by atoms with Crippen LogP contribution in [0.4, 0.5) is 0 Å². The van der Waals surface area contributed by atoms with Crippen LogP contribution in [0.3, 0.4) is 0 Å². The number of nitrogens with zero attached hydrogens (tertiary/aromatic N) is 2. The standard InChI is InChI=1S/C13H25N3O5S/c1-20-15-6-3-12(4-7-15)11-13(17)14-22(18,19)16-5-2-9-21-10-8-16/h12H,2-11H2,1H3,(H,14,17). The molecule has 1 N–H and O–H groups in total. The molecule has 0 spiro atoms. The van der Waals surface area contributed by atoms with Crippen LogP contribution in [0.2, 0.25) is 0 Å². The van der Waals surface area contributed by atoms with Crippen LogP contribution in [0.1, 0.15) is 25.7 Å². The van der Waals surface area contributed by atoms with Gasteiger partial charge in [-0.1, -0.05) is 0 Å². The zero-order valence-electron chi connectivity index (χ0n) is 13.0. The van der Waals surface area contributed by atoms with E-state index in [1.807, 2.05) is 5.06 Å². The van der Waals surface area contributed by atoms with E-state index in [2.05, 4.69) is 4.72 Å². The molecule has 2 rings (SSSR count). The van der Waals surface area contributed by atoms with E-state index < -0.39 is 16.1 Å². The number of carbonyl (C=O) groups excluding carboxylic acids is 1. The highest BCUT2D eigenvalue weighted by atomic mass is 32.2. The predicted molar refractivity (Wildman–Crippen MR) is 80.0 cm³/mol. The van der Waals surface area contributed by atoms with E-state index in [0.717, 1.165) is 25.9 Å². The van der Waals surface area contributed by atoms with E-state index in [-0.39, 0.29) is 18.9 Å². The molecule has 9 heteroatoms. The SMILES string of the molecule is CON1CCC(CC(=O)NS(=O)(=O)N2CCCOCC2)CC1. The van der Waals surface area contributed by atoms with Crippen molar-refractivity contribution in [3.05, 3.63) is 0 Å². The third-order valence-electron chi connectivity index (χ3n) is 4.07. The summed E-state index contributed by atoms with van der Waals surface area (Å²) in [4.78, 5) is 17.1. The zero-order chi connectivity index (χ0) is 16.0. The van der Waals surface area contributed by atoms with E-state index in [1.165, 1.54) is 4.31 Å². The van der Waals surface area contributed by atoms with Gasteiger partial charge in [-0.3, -0.25) is 4.79 Å². The Bertz CT molecular complexity index is 454. The second-order valence-electron chi connectivity index (χ2n) is 5.65. The van der Waals surface area contributed by atoms with E-state index in [1.54, 1.807) is 7.11 Å². The first-order chi connectivity index (χ1) is 10.5. The number of nitrogens with one attached hydrogen (secondary N) is 1. The van der Waals surface area contributed by atoms with Crippen molar-refractivity contribution >= 4 is 16.1 Å². The van der Waals surface area contributed by atoms with Crippen molar-refractivity contribution in [2.24, 2.45) is 5.92 Å². The first-order valence-electron chi connectivity index (χ1n) is 7.69. The molecule has 22 heavy (non-hydrogen) atoms. The number of ether oxygens (including phenoxy) is 1. The van der Waals surface area contributed by atoms with Crippen molar-refractivity contribution < 1.29 is 22.8 Å². The van der Waals surface area contributed by atoms with Gasteiger partial charge >= 0.3 is 10.2 Å². The average Bonchev–Trinajstić information content (AvgIpc) is 2.77. The maximum Gasteiger partial charge on any atom is 0.303 e. The fraction of sp³-hybridized carbons (Fsp3) is 0.923. The summed E-state index contributed by atoms with van der Waals surface area (Å²) in [5, 5.41) is 1.85. The lowest BCUT2D eigenvalue weighted by Gasteiger charge is -2.29. The van der Waals surface area contributed by atoms with Crippen LogP contribution >= 0.6 is 0 Å². The van der Waals surface area contributed by atoms with Gasteiger partial charge in [0.15, 0.2) is 0 Å². The highest BCUT2D eigenvalue weighted by molar-refractivity contribution is 7.87. The van der Waals surface area contributed by atoms with Crippen LogP contribution < -0.4 is 4.72 Å². The van der Waals surface area contributed by atoms with Gasteiger partial charge in [0, 0.05) is 39.2 Å². The van der Waals surface area contributed by atoms with Crippen molar-refractivity contribution in [3.63, 3.8) is 0 Å². The molecule has 2 heterocycles. The van der Waals surface area contributed by atoms with Gasteiger partial charge in [0.05, 0.1) is 13.7 Å². The Kier molecular flexibility index (Phi) is 6.57. The molecule has 1 amide bonds. The molecule has 0 aromatic rings. The van der Waals surface area contributed by atoms with E-state index in [4.69, 9.17) is 9.57 Å². The van der Waals surface area contributed by atoms with Crippen LogP contribution in [0.5, 0.6) is 0 Å². The maximum atomic E-state index is 12.2. The molecule has 0 aromatic carbocycles. The molecule has 2 aliphatic heterocycles. The third kappa shape index (κ3) is 5.17. The van der Waals surface area contributed by atoms with Crippen molar-refractivity contribution in [2.75, 3.05) is 46.5 Å². The average molecular weight is 335 g/mol. The minimum absolute atomic E-state index is 0.203. The van der Waals surface area contributed by atoms with Gasteiger partial charge in [0.2, 0.25) is 5.91 Å². The van der Waals surface area contributed by atoms with Crippen molar-refractivity contribution in [1.29, 1.82) is 0 Å². The molecule has 0 atom stereocenters. The third-order valence-corrected chi connectivity index (χ3v) is 5.60. The number of piperidine rings is 1. The highest BCUT2D eigenvalue weighted by Gasteiger charge is 2.27. The summed E-state index contributed by atoms with van der Waals surface area (Å²) < 4.78 is 33.1. The molecule has 128 valence electrons. The van der Waals surface area contributed by atoms with Gasteiger partial charge < -0.3 is 9.57 Å². The lowest BCUT2D eigenvalue weighted by Crippen LogP contribution is -2.45. The Balaban J connectivity index is 1.80. The Morgan fingerprint density at radius 1 is 1.23 bits per heavy atom. The van der Waals surface area contributed by atoms with Gasteiger partial charge in [0.1, 0.15) is 0 Å². The lowest BCUT2D eigenvalue weighted by atomic mass is 9.94. The highest BCUT2D eigenvalue weighted by Crippen LogP contribution is 2.20. The fourth-order valence-corrected chi connectivity index (χ4v) is 3.96. The lowest BCUT2D eigenvalue weighted by molar-refractivity contribution is -0.149. The van der Waals surface area contributed by atoms with E-state index in [0.29, 0.717) is 26.2 Å². The second kappa shape index (κ2) is 8.21. The summed E-state index contributed by atoms with van der Waals surface area (Å²) in [5.74, 6) is -0.227. The molecule has 2 saturated heterocycles. The molecule has 0 aromatic heterocycles. The van der Waals surface area contributed by atoms with E-state index in [9.17, 15) is 13.2 Å². The van der Waals surface area contributed by atoms with E-state index >= 15 is 0 Å². The van der Waals surface area contributed by atoms with Crippen LogP contribution in [-0.4, -0.2) is 70.2 Å². The van der Waals surface area contributed by atoms with Gasteiger partial charge in [-0.05, 0) is 25.2 Å². The molecular formula is C13H25N3O5S. The normalized spacial score (nSPS) is 23.1. The first-order valence-corrected chi connectivity index (χ1v) is 9.13. The summed E-state index contributed by atoms with van der Waals surface area (Å²) in [6.07, 6.45) is 2.55. The predicted octanol–water partition coefficient (Wildman–Crippen LogP) is -0.267. The van der Waals surface area contributed by atoms with Crippen molar-refractivity contribution in [3.8, 4) is 0 Å². The summed E-state index contributed by atoms with van der Waals surface area (Å²) in [6.45, 7) is 3.13.